The average molecular weight is 340 g/mol. The molecule has 0 spiro atoms. The van der Waals surface area contributed by atoms with Gasteiger partial charge in [0.1, 0.15) is 12.4 Å². The fourth-order valence-corrected chi connectivity index (χ4v) is 2.73. The van der Waals surface area contributed by atoms with Crippen LogP contribution in [0.25, 0.3) is 0 Å². The molecular formula is C20H24N2O3. The van der Waals surface area contributed by atoms with Crippen LogP contribution in [0.5, 0.6) is 11.5 Å². The van der Waals surface area contributed by atoms with Crippen LogP contribution < -0.4 is 15.4 Å². The highest BCUT2D eigenvalue weighted by Gasteiger charge is 2.15. The third-order valence-corrected chi connectivity index (χ3v) is 4.15. The van der Waals surface area contributed by atoms with Gasteiger partial charge in [0.15, 0.2) is 5.75 Å². The molecule has 5 heteroatoms. The van der Waals surface area contributed by atoms with E-state index in [0.29, 0.717) is 11.4 Å². The molecule has 0 radical (unpaired) electrons. The number of nitrogens with one attached hydrogen (secondary N) is 2. The van der Waals surface area contributed by atoms with Crippen molar-refractivity contribution in [3.63, 3.8) is 0 Å². The zero-order valence-electron chi connectivity index (χ0n) is 14.5. The Hall–Kier alpha value is -2.37. The predicted molar refractivity (Wildman–Crippen MR) is 98.2 cm³/mol. The minimum absolute atomic E-state index is 0.0591. The number of amides is 1. The third-order valence-electron chi connectivity index (χ3n) is 4.15. The standard InChI is InChI=1S/C20H24N2O3/c1-15-6-8-17(9-7-15)25-19-5-3-2-4-18(19)22-20(23)14-24-16-10-12-21-13-11-16/h2-9,16,21H,10-14H2,1H3,(H,22,23). The van der Waals surface area contributed by atoms with Gasteiger partial charge in [-0.3, -0.25) is 4.79 Å². The van der Waals surface area contributed by atoms with Crippen molar-refractivity contribution < 1.29 is 14.3 Å². The Morgan fingerprint density at radius 3 is 2.60 bits per heavy atom. The molecule has 0 unspecified atom stereocenters. The first-order chi connectivity index (χ1) is 12.2. The van der Waals surface area contributed by atoms with E-state index in [9.17, 15) is 4.79 Å². The molecule has 2 N–H and O–H groups in total. The van der Waals surface area contributed by atoms with E-state index in [1.165, 1.54) is 5.56 Å². The number of rotatable bonds is 6. The maximum absolute atomic E-state index is 12.2. The van der Waals surface area contributed by atoms with Crippen molar-refractivity contribution in [2.24, 2.45) is 0 Å². The Morgan fingerprint density at radius 1 is 1.12 bits per heavy atom. The summed E-state index contributed by atoms with van der Waals surface area (Å²) in [5.41, 5.74) is 1.81. The Morgan fingerprint density at radius 2 is 1.84 bits per heavy atom. The molecular weight excluding hydrogens is 316 g/mol. The topological polar surface area (TPSA) is 59.6 Å². The Kier molecular flexibility index (Phi) is 6.04. The fraction of sp³-hybridized carbons (Fsp3) is 0.350. The summed E-state index contributed by atoms with van der Waals surface area (Å²) in [6, 6.07) is 15.2. The molecule has 3 rings (SSSR count). The molecule has 0 atom stereocenters. The number of ether oxygens (including phenoxy) is 2. The Bertz CT molecular complexity index is 694. The van der Waals surface area contributed by atoms with Crippen LogP contribution in [0.2, 0.25) is 0 Å². The van der Waals surface area contributed by atoms with Gasteiger partial charge in [0, 0.05) is 0 Å². The summed E-state index contributed by atoms with van der Waals surface area (Å²) in [5, 5.41) is 6.16. The quantitative estimate of drug-likeness (QED) is 0.845. The number of carbonyl (C=O) groups is 1. The zero-order valence-corrected chi connectivity index (χ0v) is 14.5. The van der Waals surface area contributed by atoms with E-state index in [2.05, 4.69) is 10.6 Å². The maximum atomic E-state index is 12.2. The molecule has 1 amide bonds. The first-order valence-electron chi connectivity index (χ1n) is 8.66. The number of benzene rings is 2. The van der Waals surface area contributed by atoms with E-state index >= 15 is 0 Å². The number of aryl methyl sites for hydroxylation is 1. The lowest BCUT2D eigenvalue weighted by Gasteiger charge is -2.22. The molecule has 1 heterocycles. The van der Waals surface area contributed by atoms with Crippen LogP contribution in [0.1, 0.15) is 18.4 Å². The summed E-state index contributed by atoms with van der Waals surface area (Å²) in [6.07, 6.45) is 2.05. The molecule has 1 saturated heterocycles. The summed E-state index contributed by atoms with van der Waals surface area (Å²) in [6.45, 7) is 3.98. The van der Waals surface area contributed by atoms with E-state index in [4.69, 9.17) is 9.47 Å². The van der Waals surface area contributed by atoms with E-state index in [-0.39, 0.29) is 18.6 Å². The molecule has 1 aliphatic heterocycles. The van der Waals surface area contributed by atoms with Crippen LogP contribution in [0.3, 0.4) is 0 Å². The van der Waals surface area contributed by atoms with Gasteiger partial charge >= 0.3 is 0 Å². The van der Waals surface area contributed by atoms with Crippen LogP contribution >= 0.6 is 0 Å². The van der Waals surface area contributed by atoms with Crippen molar-refractivity contribution in [2.75, 3.05) is 25.0 Å². The number of hydrogen-bond donors (Lipinski definition) is 2. The van der Waals surface area contributed by atoms with E-state index < -0.39 is 0 Å². The number of anilines is 1. The van der Waals surface area contributed by atoms with Crippen LogP contribution in [0.15, 0.2) is 48.5 Å². The summed E-state index contributed by atoms with van der Waals surface area (Å²) in [7, 11) is 0. The van der Waals surface area contributed by atoms with Gasteiger partial charge in [0.25, 0.3) is 0 Å². The first-order valence-corrected chi connectivity index (χ1v) is 8.66. The van der Waals surface area contributed by atoms with Crippen molar-refractivity contribution in [1.82, 2.24) is 5.32 Å². The lowest BCUT2D eigenvalue weighted by atomic mass is 10.1. The summed E-state index contributed by atoms with van der Waals surface area (Å²) >= 11 is 0. The molecule has 2 aromatic rings. The lowest BCUT2D eigenvalue weighted by Crippen LogP contribution is -2.34. The number of carbonyl (C=O) groups excluding carboxylic acids is 1. The van der Waals surface area contributed by atoms with E-state index in [1.807, 2.05) is 55.5 Å². The van der Waals surface area contributed by atoms with Gasteiger partial charge in [-0.25, -0.2) is 0 Å². The molecule has 1 fully saturated rings. The number of para-hydroxylation sites is 2. The van der Waals surface area contributed by atoms with Gasteiger partial charge < -0.3 is 20.1 Å². The maximum Gasteiger partial charge on any atom is 0.250 e. The first kappa shape index (κ1) is 17.5. The van der Waals surface area contributed by atoms with Crippen molar-refractivity contribution in [2.45, 2.75) is 25.9 Å². The summed E-state index contributed by atoms with van der Waals surface area (Å²) in [4.78, 5) is 12.2. The van der Waals surface area contributed by atoms with Crippen molar-refractivity contribution >= 4 is 11.6 Å². The Labute approximate surface area is 148 Å². The second-order valence-corrected chi connectivity index (χ2v) is 6.22. The van der Waals surface area contributed by atoms with E-state index in [0.717, 1.165) is 31.7 Å². The number of hydrogen-bond acceptors (Lipinski definition) is 4. The van der Waals surface area contributed by atoms with Crippen LogP contribution in [-0.4, -0.2) is 31.7 Å². The van der Waals surface area contributed by atoms with Crippen LogP contribution in [0, 0.1) is 6.92 Å². The molecule has 5 nitrogen and oxygen atoms in total. The molecule has 0 aliphatic carbocycles. The smallest absolute Gasteiger partial charge is 0.250 e. The highest BCUT2D eigenvalue weighted by Crippen LogP contribution is 2.29. The largest absolute Gasteiger partial charge is 0.455 e. The highest BCUT2D eigenvalue weighted by molar-refractivity contribution is 5.93. The van der Waals surface area contributed by atoms with Gasteiger partial charge in [-0.2, -0.15) is 0 Å². The molecule has 1 aliphatic rings. The average Bonchev–Trinajstić information content (AvgIpc) is 2.64. The molecule has 0 bridgehead atoms. The molecule has 0 aromatic heterocycles. The van der Waals surface area contributed by atoms with Gasteiger partial charge in [-0.15, -0.1) is 0 Å². The van der Waals surface area contributed by atoms with Gasteiger partial charge in [-0.1, -0.05) is 29.8 Å². The molecule has 25 heavy (non-hydrogen) atoms. The zero-order chi connectivity index (χ0) is 17.5. The van der Waals surface area contributed by atoms with Crippen molar-refractivity contribution in [1.29, 1.82) is 0 Å². The summed E-state index contributed by atoms with van der Waals surface area (Å²) in [5.74, 6) is 1.18. The van der Waals surface area contributed by atoms with Gasteiger partial charge in [-0.05, 0) is 57.1 Å². The lowest BCUT2D eigenvalue weighted by molar-refractivity contribution is -0.123. The monoisotopic (exact) mass is 340 g/mol. The molecule has 132 valence electrons. The SMILES string of the molecule is Cc1ccc(Oc2ccccc2NC(=O)COC2CCNCC2)cc1. The van der Waals surface area contributed by atoms with Gasteiger partial charge in [0.05, 0.1) is 11.8 Å². The highest BCUT2D eigenvalue weighted by atomic mass is 16.5. The molecule has 2 aromatic carbocycles. The minimum Gasteiger partial charge on any atom is -0.455 e. The number of piperidine rings is 1. The molecule has 0 saturated carbocycles. The van der Waals surface area contributed by atoms with Gasteiger partial charge in [0.2, 0.25) is 5.91 Å². The third kappa shape index (κ3) is 5.31. The minimum atomic E-state index is -0.168. The van der Waals surface area contributed by atoms with Crippen molar-refractivity contribution in [3.8, 4) is 11.5 Å². The second kappa shape index (κ2) is 8.65. The fourth-order valence-electron chi connectivity index (χ4n) is 2.73. The van der Waals surface area contributed by atoms with E-state index in [1.54, 1.807) is 0 Å². The summed E-state index contributed by atoms with van der Waals surface area (Å²) < 4.78 is 11.6. The van der Waals surface area contributed by atoms with Crippen molar-refractivity contribution in [3.05, 3.63) is 54.1 Å². The second-order valence-electron chi connectivity index (χ2n) is 6.22. The predicted octanol–water partition coefficient (Wildman–Crippen LogP) is 3.49. The normalized spacial score (nSPS) is 14.9. The van der Waals surface area contributed by atoms with Crippen LogP contribution in [0.4, 0.5) is 5.69 Å². The van der Waals surface area contributed by atoms with Crippen LogP contribution in [-0.2, 0) is 9.53 Å². The Balaban J connectivity index is 1.58.